The average Bonchev–Trinajstić information content (AvgIpc) is 3.43. The van der Waals surface area contributed by atoms with Crippen LogP contribution < -0.4 is 5.32 Å². The maximum atomic E-state index is 13.6. The molecular formula is C22H28ClF3N2O3. The molecule has 2 fully saturated rings. The second-order valence-corrected chi connectivity index (χ2v) is 9.45. The van der Waals surface area contributed by atoms with Crippen molar-refractivity contribution in [2.75, 3.05) is 18.4 Å². The average molecular weight is 461 g/mol. The van der Waals surface area contributed by atoms with E-state index in [1.165, 1.54) is 6.07 Å². The Morgan fingerprint density at radius 2 is 1.81 bits per heavy atom. The standard InChI is InChI=1S/C22H28ClF3N2O3/c1-13(11-18(29)30)15-3-4-16(23)17(12-15)27-20(31)19(14(2)22(24,25)26)28-9-7-21(5-6-21)8-10-28/h3-4,12-14,19H,5-11H2,1-2H3,(H,27,31)(H,29,30)/t13-,14+,19+/m0/s1. The third-order valence-corrected chi connectivity index (χ3v) is 7.10. The molecule has 1 aromatic rings. The van der Waals surface area contributed by atoms with Crippen LogP contribution in [0.5, 0.6) is 0 Å². The smallest absolute Gasteiger partial charge is 0.393 e. The molecule has 1 amide bonds. The number of carbonyl (C=O) groups excluding carboxylic acids is 1. The first-order chi connectivity index (χ1) is 14.4. The Labute approximate surface area is 184 Å². The lowest BCUT2D eigenvalue weighted by Crippen LogP contribution is -2.54. The molecular weight excluding hydrogens is 433 g/mol. The van der Waals surface area contributed by atoms with E-state index < -0.39 is 30.0 Å². The van der Waals surface area contributed by atoms with E-state index in [0.717, 1.165) is 32.6 Å². The Morgan fingerprint density at radius 1 is 1.19 bits per heavy atom. The summed E-state index contributed by atoms with van der Waals surface area (Å²) in [5.74, 6) is -3.90. The van der Waals surface area contributed by atoms with Gasteiger partial charge >= 0.3 is 12.1 Å². The van der Waals surface area contributed by atoms with Crippen molar-refractivity contribution in [3.8, 4) is 0 Å². The van der Waals surface area contributed by atoms with E-state index in [0.29, 0.717) is 18.7 Å². The molecule has 172 valence electrons. The van der Waals surface area contributed by atoms with E-state index in [1.807, 2.05) is 0 Å². The molecule has 31 heavy (non-hydrogen) atoms. The highest BCUT2D eigenvalue weighted by molar-refractivity contribution is 6.33. The van der Waals surface area contributed by atoms with Crippen LogP contribution in [0.25, 0.3) is 0 Å². The predicted molar refractivity (Wildman–Crippen MR) is 112 cm³/mol. The van der Waals surface area contributed by atoms with Gasteiger partial charge in [-0.1, -0.05) is 31.5 Å². The Kier molecular flexibility index (Phi) is 6.91. The van der Waals surface area contributed by atoms with Crippen LogP contribution in [0.4, 0.5) is 18.9 Å². The fourth-order valence-corrected chi connectivity index (χ4v) is 4.54. The summed E-state index contributed by atoms with van der Waals surface area (Å²) in [7, 11) is 0. The molecule has 0 aromatic heterocycles. The van der Waals surface area contributed by atoms with Crippen LogP contribution in [0, 0.1) is 11.3 Å². The molecule has 1 aromatic carbocycles. The molecule has 1 aliphatic carbocycles. The largest absolute Gasteiger partial charge is 0.481 e. The molecule has 1 spiro atoms. The number of amides is 1. The Bertz CT molecular complexity index is 832. The number of nitrogens with one attached hydrogen (secondary N) is 1. The number of nitrogens with zero attached hydrogens (tertiary/aromatic N) is 1. The highest BCUT2D eigenvalue weighted by atomic mass is 35.5. The number of carboxylic acid groups (broad SMARTS) is 1. The number of rotatable bonds is 7. The Hall–Kier alpha value is -1.80. The second-order valence-electron chi connectivity index (χ2n) is 9.04. The summed E-state index contributed by atoms with van der Waals surface area (Å²) in [4.78, 5) is 25.7. The number of carbonyl (C=O) groups is 2. The van der Waals surface area contributed by atoms with Crippen molar-refractivity contribution in [3.63, 3.8) is 0 Å². The van der Waals surface area contributed by atoms with Crippen LogP contribution in [0.2, 0.25) is 5.02 Å². The molecule has 3 rings (SSSR count). The van der Waals surface area contributed by atoms with Gasteiger partial charge in [0.1, 0.15) is 6.04 Å². The van der Waals surface area contributed by atoms with E-state index in [9.17, 15) is 22.8 Å². The number of piperidine rings is 1. The molecule has 1 saturated heterocycles. The van der Waals surface area contributed by atoms with E-state index in [4.69, 9.17) is 16.7 Å². The van der Waals surface area contributed by atoms with Gasteiger partial charge in [0, 0.05) is 0 Å². The minimum atomic E-state index is -4.52. The number of halogens is 4. The number of benzene rings is 1. The van der Waals surface area contributed by atoms with Crippen molar-refractivity contribution < 1.29 is 27.9 Å². The molecule has 2 N–H and O–H groups in total. The third-order valence-electron chi connectivity index (χ3n) is 6.77. The number of hydrogen-bond donors (Lipinski definition) is 2. The molecule has 1 aliphatic heterocycles. The van der Waals surface area contributed by atoms with Crippen molar-refractivity contribution in [2.45, 2.75) is 64.1 Å². The molecule has 1 heterocycles. The summed E-state index contributed by atoms with van der Waals surface area (Å²) < 4.78 is 40.8. The minimum absolute atomic E-state index is 0.113. The third kappa shape index (κ3) is 5.71. The van der Waals surface area contributed by atoms with Crippen LogP contribution in [-0.4, -0.2) is 47.2 Å². The zero-order valence-electron chi connectivity index (χ0n) is 17.6. The van der Waals surface area contributed by atoms with Gasteiger partial charge in [0.15, 0.2) is 0 Å². The van der Waals surface area contributed by atoms with Crippen LogP contribution in [0.3, 0.4) is 0 Å². The van der Waals surface area contributed by atoms with Crippen molar-refractivity contribution in [3.05, 3.63) is 28.8 Å². The lowest BCUT2D eigenvalue weighted by molar-refractivity contribution is -0.189. The number of likely N-dealkylation sites (tertiary alicyclic amines) is 1. The van der Waals surface area contributed by atoms with Gasteiger partial charge in [-0.15, -0.1) is 0 Å². The maximum Gasteiger partial charge on any atom is 0.393 e. The van der Waals surface area contributed by atoms with Gasteiger partial charge in [-0.05, 0) is 67.8 Å². The molecule has 9 heteroatoms. The van der Waals surface area contributed by atoms with Crippen LogP contribution >= 0.6 is 11.6 Å². The van der Waals surface area contributed by atoms with Gasteiger partial charge in [0.05, 0.1) is 23.0 Å². The highest BCUT2D eigenvalue weighted by Crippen LogP contribution is 2.54. The van der Waals surface area contributed by atoms with E-state index in [1.54, 1.807) is 24.0 Å². The quantitative estimate of drug-likeness (QED) is 0.579. The molecule has 2 aliphatic rings. The van der Waals surface area contributed by atoms with E-state index in [-0.39, 0.29) is 28.5 Å². The van der Waals surface area contributed by atoms with Crippen molar-refractivity contribution in [1.82, 2.24) is 4.90 Å². The first-order valence-electron chi connectivity index (χ1n) is 10.5. The summed E-state index contributed by atoms with van der Waals surface area (Å²) in [5.41, 5.74) is 1.10. The van der Waals surface area contributed by atoms with Crippen LogP contribution in [-0.2, 0) is 9.59 Å². The fraction of sp³-hybridized carbons (Fsp3) is 0.636. The van der Waals surface area contributed by atoms with Gasteiger partial charge in [-0.3, -0.25) is 14.5 Å². The summed E-state index contributed by atoms with van der Waals surface area (Å²) >= 11 is 6.19. The SMILES string of the molecule is C[C@H]([C@H](C(=O)Nc1cc([C@@H](C)CC(=O)O)ccc1Cl)N1CCC2(CC1)CC2)C(F)(F)F. The summed E-state index contributed by atoms with van der Waals surface area (Å²) in [6.07, 6.45) is -0.780. The Balaban J connectivity index is 1.80. The van der Waals surface area contributed by atoms with Gasteiger partial charge in [0.2, 0.25) is 5.91 Å². The normalized spacial score (nSPS) is 21.4. The van der Waals surface area contributed by atoms with Gasteiger partial charge in [0.25, 0.3) is 0 Å². The van der Waals surface area contributed by atoms with Gasteiger partial charge in [-0.25, -0.2) is 0 Å². The first-order valence-corrected chi connectivity index (χ1v) is 10.9. The number of carboxylic acids is 1. The summed E-state index contributed by atoms with van der Waals surface area (Å²) in [5, 5.41) is 11.8. The lowest BCUT2D eigenvalue weighted by atomic mass is 9.90. The number of anilines is 1. The zero-order chi connectivity index (χ0) is 23.0. The lowest BCUT2D eigenvalue weighted by Gasteiger charge is -2.40. The van der Waals surface area contributed by atoms with Crippen LogP contribution in [0.15, 0.2) is 18.2 Å². The fourth-order valence-electron chi connectivity index (χ4n) is 4.37. The summed E-state index contributed by atoms with van der Waals surface area (Å²) in [6, 6.07) is 3.36. The Morgan fingerprint density at radius 3 is 2.32 bits per heavy atom. The van der Waals surface area contributed by atoms with E-state index >= 15 is 0 Å². The zero-order valence-corrected chi connectivity index (χ0v) is 18.4. The molecule has 0 bridgehead atoms. The molecule has 0 radical (unpaired) electrons. The maximum absolute atomic E-state index is 13.6. The van der Waals surface area contributed by atoms with Crippen molar-refractivity contribution in [2.24, 2.45) is 11.3 Å². The van der Waals surface area contributed by atoms with Crippen LogP contribution in [0.1, 0.15) is 57.4 Å². The molecule has 5 nitrogen and oxygen atoms in total. The monoisotopic (exact) mass is 460 g/mol. The predicted octanol–water partition coefficient (Wildman–Crippen LogP) is 5.30. The van der Waals surface area contributed by atoms with Gasteiger partial charge < -0.3 is 10.4 Å². The first kappa shape index (κ1) is 23.9. The topological polar surface area (TPSA) is 69.6 Å². The molecule has 0 unspecified atom stereocenters. The second kappa shape index (κ2) is 8.98. The minimum Gasteiger partial charge on any atom is -0.481 e. The number of alkyl halides is 3. The van der Waals surface area contributed by atoms with Crippen molar-refractivity contribution in [1.29, 1.82) is 0 Å². The molecule has 3 atom stereocenters. The number of aliphatic carboxylic acids is 1. The van der Waals surface area contributed by atoms with Gasteiger partial charge in [-0.2, -0.15) is 13.2 Å². The summed E-state index contributed by atoms with van der Waals surface area (Å²) in [6.45, 7) is 3.68. The highest BCUT2D eigenvalue weighted by Gasteiger charge is 2.50. The number of hydrogen-bond acceptors (Lipinski definition) is 3. The van der Waals surface area contributed by atoms with Crippen molar-refractivity contribution >= 4 is 29.2 Å². The van der Waals surface area contributed by atoms with E-state index in [2.05, 4.69) is 5.32 Å². The molecule has 1 saturated carbocycles.